The molecule has 3 atom stereocenters. The lowest BCUT2D eigenvalue weighted by Crippen LogP contribution is -2.44. The number of benzene rings is 1. The molecule has 9 heteroatoms. The van der Waals surface area contributed by atoms with Crippen LogP contribution >= 0.6 is 0 Å². The molecule has 2 N–H and O–H groups in total. The van der Waals surface area contributed by atoms with Crippen molar-refractivity contribution in [3.63, 3.8) is 0 Å². The minimum Gasteiger partial charge on any atom is -0.480 e. The normalized spacial score (nSPS) is 21.9. The predicted octanol–water partition coefficient (Wildman–Crippen LogP) is 0.941. The number of ether oxygens (including phenoxy) is 1. The molecule has 0 saturated carbocycles. The van der Waals surface area contributed by atoms with Crippen LogP contribution in [-0.2, 0) is 25.5 Å². The number of fused-ring (bicyclic) bond motifs is 1. The first-order valence-corrected chi connectivity index (χ1v) is 9.12. The van der Waals surface area contributed by atoms with Gasteiger partial charge in [0.1, 0.15) is 18.4 Å². The summed E-state index contributed by atoms with van der Waals surface area (Å²) in [5, 5.41) is 12.1. The van der Waals surface area contributed by atoms with Crippen LogP contribution in [0.3, 0.4) is 0 Å². The van der Waals surface area contributed by atoms with Crippen molar-refractivity contribution in [2.45, 2.75) is 44.9 Å². The second kappa shape index (κ2) is 7.87. The summed E-state index contributed by atoms with van der Waals surface area (Å²) in [5.74, 6) is -1.23. The Morgan fingerprint density at radius 3 is 2.82 bits per heavy atom. The topological polar surface area (TPSA) is 116 Å². The van der Waals surface area contributed by atoms with E-state index >= 15 is 0 Å². The molecule has 1 aromatic rings. The van der Waals surface area contributed by atoms with E-state index in [0.717, 1.165) is 11.3 Å². The van der Waals surface area contributed by atoms with Gasteiger partial charge in [-0.1, -0.05) is 0 Å². The molecule has 0 aromatic heterocycles. The molecule has 3 rings (SSSR count). The van der Waals surface area contributed by atoms with Crippen molar-refractivity contribution < 1.29 is 29.0 Å². The van der Waals surface area contributed by atoms with Crippen molar-refractivity contribution >= 4 is 35.6 Å². The molecular formula is C19H23N3O6. The summed E-state index contributed by atoms with van der Waals surface area (Å²) >= 11 is 0. The zero-order chi connectivity index (χ0) is 20.4. The molecule has 9 nitrogen and oxygen atoms in total. The number of nitrogens with zero attached hydrogens (tertiary/aromatic N) is 2. The Hall–Kier alpha value is -3.10. The van der Waals surface area contributed by atoms with Crippen LogP contribution in [0, 0.1) is 0 Å². The average Bonchev–Trinajstić information content (AvgIpc) is 3.16. The number of aliphatic carboxylic acids is 1. The Morgan fingerprint density at radius 2 is 2.18 bits per heavy atom. The number of nitrogens with one attached hydrogen (secondary N) is 1. The highest BCUT2D eigenvalue weighted by Gasteiger charge is 2.37. The number of carbonyl (C=O) groups excluding carboxylic acids is 3. The number of aldehydes is 1. The standard InChI is InChI=1S/C19H23N3O6/c1-11-7-13-8-14(21-10-15(28-19(21)27)9-20-12(2)24)3-4-16(13)22(11)17(5-6-23)18(25)26/h3-4,6,8,11,15,17H,5,7,9-10H2,1-2H3,(H,20,24)(H,25,26)/t11-,15+,17?/m1/s1. The van der Waals surface area contributed by atoms with Gasteiger partial charge >= 0.3 is 12.1 Å². The second-order valence-corrected chi connectivity index (χ2v) is 7.08. The molecule has 150 valence electrons. The monoisotopic (exact) mass is 389 g/mol. The van der Waals surface area contributed by atoms with Gasteiger partial charge in [0.15, 0.2) is 0 Å². The SMILES string of the molecule is CC(=O)NC[C@H]1CN(c2ccc3c(c2)C[C@@H](C)N3C(CC=O)C(=O)O)C(=O)O1. The van der Waals surface area contributed by atoms with Crippen molar-refractivity contribution in [2.75, 3.05) is 22.9 Å². The molecule has 28 heavy (non-hydrogen) atoms. The van der Waals surface area contributed by atoms with Gasteiger partial charge in [-0.3, -0.25) is 9.69 Å². The second-order valence-electron chi connectivity index (χ2n) is 7.08. The van der Waals surface area contributed by atoms with Crippen LogP contribution in [0.5, 0.6) is 0 Å². The first-order valence-electron chi connectivity index (χ1n) is 9.12. The highest BCUT2D eigenvalue weighted by Crippen LogP contribution is 2.37. The Bertz CT molecular complexity index is 811. The molecule has 2 heterocycles. The molecule has 1 saturated heterocycles. The summed E-state index contributed by atoms with van der Waals surface area (Å²) in [5.41, 5.74) is 2.33. The number of carboxylic acids is 1. The number of amides is 2. The molecule has 2 amide bonds. The van der Waals surface area contributed by atoms with Gasteiger partial charge in [0.05, 0.1) is 13.1 Å². The third kappa shape index (κ3) is 3.78. The summed E-state index contributed by atoms with van der Waals surface area (Å²) < 4.78 is 5.29. The Labute approximate surface area is 162 Å². The van der Waals surface area contributed by atoms with Gasteiger partial charge in [-0.15, -0.1) is 0 Å². The fourth-order valence-electron chi connectivity index (χ4n) is 3.81. The lowest BCUT2D eigenvalue weighted by molar-refractivity contribution is -0.139. The quantitative estimate of drug-likeness (QED) is 0.667. The molecule has 0 radical (unpaired) electrons. The molecule has 2 aliphatic rings. The number of hydrogen-bond donors (Lipinski definition) is 2. The maximum atomic E-state index is 12.2. The highest BCUT2D eigenvalue weighted by atomic mass is 16.6. The number of rotatable bonds is 7. The Kier molecular flexibility index (Phi) is 5.53. The van der Waals surface area contributed by atoms with Crippen LogP contribution in [0.2, 0.25) is 0 Å². The lowest BCUT2D eigenvalue weighted by Gasteiger charge is -2.30. The van der Waals surface area contributed by atoms with E-state index in [0.29, 0.717) is 24.9 Å². The van der Waals surface area contributed by atoms with Crippen molar-refractivity contribution in [3.05, 3.63) is 23.8 Å². The minimum atomic E-state index is -1.04. The van der Waals surface area contributed by atoms with E-state index in [4.69, 9.17) is 4.74 Å². The number of carboxylic acid groups (broad SMARTS) is 1. The first-order chi connectivity index (χ1) is 13.3. The molecule has 0 aliphatic carbocycles. The smallest absolute Gasteiger partial charge is 0.414 e. The fourth-order valence-corrected chi connectivity index (χ4v) is 3.81. The van der Waals surface area contributed by atoms with Crippen molar-refractivity contribution in [3.8, 4) is 0 Å². The molecule has 1 unspecified atom stereocenters. The molecule has 1 aromatic carbocycles. The molecular weight excluding hydrogens is 366 g/mol. The van der Waals surface area contributed by atoms with E-state index in [1.54, 1.807) is 17.0 Å². The number of cyclic esters (lactones) is 1. The summed E-state index contributed by atoms with van der Waals surface area (Å²) in [6, 6.07) is 4.38. The largest absolute Gasteiger partial charge is 0.480 e. The molecule has 1 fully saturated rings. The first kappa shape index (κ1) is 19.7. The Morgan fingerprint density at radius 1 is 1.43 bits per heavy atom. The van der Waals surface area contributed by atoms with Gasteiger partial charge in [0.2, 0.25) is 5.91 Å². The summed E-state index contributed by atoms with van der Waals surface area (Å²) in [6.45, 7) is 3.88. The number of hydrogen-bond acceptors (Lipinski definition) is 6. The van der Waals surface area contributed by atoms with E-state index in [1.165, 1.54) is 11.8 Å². The summed E-state index contributed by atoms with van der Waals surface area (Å²) in [4.78, 5) is 49.0. The van der Waals surface area contributed by atoms with Crippen LogP contribution in [0.15, 0.2) is 18.2 Å². The number of anilines is 2. The van der Waals surface area contributed by atoms with Crippen molar-refractivity contribution in [2.24, 2.45) is 0 Å². The van der Waals surface area contributed by atoms with Crippen molar-refractivity contribution in [1.82, 2.24) is 5.32 Å². The Balaban J connectivity index is 1.80. The van der Waals surface area contributed by atoms with Gasteiger partial charge in [0, 0.05) is 30.8 Å². The zero-order valence-electron chi connectivity index (χ0n) is 15.8. The lowest BCUT2D eigenvalue weighted by atomic mass is 10.1. The minimum absolute atomic E-state index is 0.0793. The van der Waals surface area contributed by atoms with E-state index in [2.05, 4.69) is 5.32 Å². The molecule has 0 spiro atoms. The molecule has 2 aliphatic heterocycles. The van der Waals surface area contributed by atoms with Gasteiger partial charge in [-0.2, -0.15) is 0 Å². The van der Waals surface area contributed by atoms with Crippen LogP contribution in [0.25, 0.3) is 0 Å². The predicted molar refractivity (Wildman–Crippen MR) is 100 cm³/mol. The summed E-state index contributed by atoms with van der Waals surface area (Å²) in [6.07, 6.45) is 0.230. The van der Waals surface area contributed by atoms with Gasteiger partial charge in [-0.25, -0.2) is 9.59 Å². The fraction of sp³-hybridized carbons (Fsp3) is 0.474. The van der Waals surface area contributed by atoms with E-state index in [1.807, 2.05) is 13.0 Å². The third-order valence-electron chi connectivity index (χ3n) is 5.04. The third-order valence-corrected chi connectivity index (χ3v) is 5.04. The van der Waals surface area contributed by atoms with Crippen LogP contribution < -0.4 is 15.1 Å². The average molecular weight is 389 g/mol. The van der Waals surface area contributed by atoms with E-state index < -0.39 is 24.2 Å². The van der Waals surface area contributed by atoms with Crippen molar-refractivity contribution in [1.29, 1.82) is 0 Å². The van der Waals surface area contributed by atoms with E-state index in [9.17, 15) is 24.3 Å². The van der Waals surface area contributed by atoms with E-state index in [-0.39, 0.29) is 24.9 Å². The van der Waals surface area contributed by atoms with Gasteiger partial charge in [0.25, 0.3) is 0 Å². The van der Waals surface area contributed by atoms with Gasteiger partial charge < -0.3 is 24.9 Å². The highest BCUT2D eigenvalue weighted by molar-refractivity contribution is 5.91. The van der Waals surface area contributed by atoms with Crippen LogP contribution in [0.4, 0.5) is 16.2 Å². The number of carbonyl (C=O) groups is 4. The van der Waals surface area contributed by atoms with Crippen LogP contribution in [-0.4, -0.2) is 60.6 Å². The maximum Gasteiger partial charge on any atom is 0.414 e. The van der Waals surface area contributed by atoms with Crippen LogP contribution in [0.1, 0.15) is 25.8 Å². The van der Waals surface area contributed by atoms with Gasteiger partial charge in [-0.05, 0) is 37.1 Å². The summed E-state index contributed by atoms with van der Waals surface area (Å²) in [7, 11) is 0. The molecule has 0 bridgehead atoms. The zero-order valence-corrected chi connectivity index (χ0v) is 15.8. The maximum absolute atomic E-state index is 12.2.